The Morgan fingerprint density at radius 3 is 2.66 bits per heavy atom. The second kappa shape index (κ2) is 8.68. The molecule has 3 aromatic carbocycles. The molecule has 1 heterocycles. The smallest absolute Gasteiger partial charge is 0.153 e. The van der Waals surface area contributed by atoms with E-state index in [4.69, 9.17) is 18.8 Å². The third-order valence-corrected chi connectivity index (χ3v) is 5.67. The number of hydrogen-bond acceptors (Lipinski definition) is 4. The highest BCUT2D eigenvalue weighted by molar-refractivity contribution is 7.79. The Hall–Kier alpha value is -2.83. The van der Waals surface area contributed by atoms with Crippen LogP contribution in [0.2, 0.25) is 0 Å². The van der Waals surface area contributed by atoms with E-state index in [-0.39, 0.29) is 11.7 Å². The van der Waals surface area contributed by atoms with Crippen molar-refractivity contribution in [2.45, 2.75) is 12.5 Å². The lowest BCUT2D eigenvalue weighted by molar-refractivity contribution is 0.301. The van der Waals surface area contributed by atoms with Crippen molar-refractivity contribution in [3.05, 3.63) is 77.9 Å². The minimum absolute atomic E-state index is 0.0487. The van der Waals surface area contributed by atoms with Crippen molar-refractivity contribution < 1.29 is 23.0 Å². The molecular formula is C23H22O5S. The van der Waals surface area contributed by atoms with E-state index in [1.165, 1.54) is 0 Å². The first-order valence-corrected chi connectivity index (χ1v) is 10.6. The average Bonchev–Trinajstić information content (AvgIpc) is 3.14. The summed E-state index contributed by atoms with van der Waals surface area (Å²) in [6.07, 6.45) is 0. The van der Waals surface area contributed by atoms with Gasteiger partial charge in [-0.05, 0) is 23.3 Å². The summed E-state index contributed by atoms with van der Waals surface area (Å²) in [6, 6.07) is 21.8. The van der Waals surface area contributed by atoms with E-state index in [1.807, 2.05) is 54.6 Å². The lowest BCUT2D eigenvalue weighted by atomic mass is 10.0. The summed E-state index contributed by atoms with van der Waals surface area (Å²) in [5.74, 6) is 2.42. The molecule has 1 aliphatic rings. The molecule has 0 radical (unpaired) electrons. The Bertz CT molecular complexity index is 1020. The maximum Gasteiger partial charge on any atom is 0.153 e. The zero-order valence-corrected chi connectivity index (χ0v) is 16.9. The molecule has 2 atom stereocenters. The summed E-state index contributed by atoms with van der Waals surface area (Å²) >= 11 is -1.83. The van der Waals surface area contributed by atoms with Crippen LogP contribution in [0.25, 0.3) is 11.1 Å². The number of fused-ring (bicyclic) bond motifs is 1. The molecule has 1 N–H and O–H groups in total. The molecule has 0 bridgehead atoms. The molecule has 4 rings (SSSR count). The van der Waals surface area contributed by atoms with Gasteiger partial charge in [-0.3, -0.25) is 0 Å². The predicted molar refractivity (Wildman–Crippen MR) is 113 cm³/mol. The van der Waals surface area contributed by atoms with Gasteiger partial charge < -0.3 is 18.8 Å². The summed E-state index contributed by atoms with van der Waals surface area (Å²) in [6.45, 7) is 0.866. The van der Waals surface area contributed by atoms with E-state index < -0.39 is 11.1 Å². The molecule has 0 saturated carbocycles. The molecule has 0 aliphatic carbocycles. The Morgan fingerprint density at radius 1 is 1.10 bits per heavy atom. The van der Waals surface area contributed by atoms with E-state index in [2.05, 4.69) is 12.1 Å². The number of benzene rings is 3. The van der Waals surface area contributed by atoms with E-state index in [9.17, 15) is 4.21 Å². The van der Waals surface area contributed by atoms with Crippen LogP contribution in [0.4, 0.5) is 0 Å². The fourth-order valence-corrected chi connectivity index (χ4v) is 4.11. The van der Waals surface area contributed by atoms with Gasteiger partial charge in [-0.2, -0.15) is 0 Å². The van der Waals surface area contributed by atoms with Gasteiger partial charge in [0.1, 0.15) is 23.9 Å². The van der Waals surface area contributed by atoms with E-state index in [1.54, 1.807) is 7.11 Å². The highest BCUT2D eigenvalue weighted by Gasteiger charge is 2.26. The Morgan fingerprint density at radius 2 is 1.90 bits per heavy atom. The monoisotopic (exact) mass is 410 g/mol. The topological polar surface area (TPSA) is 65.0 Å². The van der Waals surface area contributed by atoms with E-state index in [0.717, 1.165) is 33.8 Å². The van der Waals surface area contributed by atoms with Crippen LogP contribution in [0.1, 0.15) is 17.0 Å². The van der Waals surface area contributed by atoms with E-state index >= 15 is 0 Å². The lowest BCUT2D eigenvalue weighted by Crippen LogP contribution is -2.10. The van der Waals surface area contributed by atoms with Gasteiger partial charge in [0, 0.05) is 23.1 Å². The maximum atomic E-state index is 11.1. The molecule has 0 amide bonds. The fourth-order valence-electron chi connectivity index (χ4n) is 3.49. The number of hydrogen-bond donors (Lipinski definition) is 1. The van der Waals surface area contributed by atoms with Crippen molar-refractivity contribution in [1.29, 1.82) is 0 Å². The minimum Gasteiger partial charge on any atom is -0.496 e. The molecule has 2 unspecified atom stereocenters. The van der Waals surface area contributed by atoms with Gasteiger partial charge >= 0.3 is 0 Å². The molecule has 0 spiro atoms. The van der Waals surface area contributed by atoms with Crippen molar-refractivity contribution in [3.63, 3.8) is 0 Å². The van der Waals surface area contributed by atoms with Crippen molar-refractivity contribution in [3.8, 4) is 28.4 Å². The van der Waals surface area contributed by atoms with E-state index in [0.29, 0.717) is 19.0 Å². The highest BCUT2D eigenvalue weighted by atomic mass is 32.2. The highest BCUT2D eigenvalue weighted by Crippen LogP contribution is 2.37. The molecule has 3 aromatic rings. The molecule has 0 fully saturated rings. The normalized spacial score (nSPS) is 16.0. The SMILES string of the molecule is COc1ccccc1-c1ccc(COc2ccc3c(c2)OCC3CS(=O)O)cc1. The average molecular weight is 410 g/mol. The molecule has 29 heavy (non-hydrogen) atoms. The first-order chi connectivity index (χ1) is 14.1. The van der Waals surface area contributed by atoms with Gasteiger partial charge in [0.25, 0.3) is 0 Å². The Labute approximate surface area is 172 Å². The van der Waals surface area contributed by atoms with Crippen molar-refractivity contribution in [2.75, 3.05) is 19.5 Å². The third kappa shape index (κ3) is 4.44. The van der Waals surface area contributed by atoms with Crippen LogP contribution in [0.5, 0.6) is 17.2 Å². The molecule has 6 heteroatoms. The van der Waals surface area contributed by atoms with Crippen LogP contribution in [0.15, 0.2) is 66.7 Å². The summed E-state index contributed by atoms with van der Waals surface area (Å²) in [5, 5.41) is 0. The first kappa shape index (κ1) is 19.5. The molecular weight excluding hydrogens is 388 g/mol. The van der Waals surface area contributed by atoms with Crippen LogP contribution < -0.4 is 14.2 Å². The summed E-state index contributed by atoms with van der Waals surface area (Å²) in [5.41, 5.74) is 4.15. The summed E-state index contributed by atoms with van der Waals surface area (Å²) < 4.78 is 37.2. The predicted octanol–water partition coefficient (Wildman–Crippen LogP) is 4.64. The minimum atomic E-state index is -1.83. The Kier molecular flexibility index (Phi) is 5.83. The molecule has 0 saturated heterocycles. The van der Waals surface area contributed by atoms with Crippen LogP contribution in [0, 0.1) is 0 Å². The third-order valence-electron chi connectivity index (χ3n) is 4.99. The largest absolute Gasteiger partial charge is 0.496 e. The van der Waals surface area contributed by atoms with Crippen molar-refractivity contribution >= 4 is 11.1 Å². The standard InChI is InChI=1S/C23H22O5S/c1-26-22-5-3-2-4-20(22)17-8-6-16(7-9-17)13-27-19-10-11-21-18(15-29(24)25)14-28-23(21)12-19/h2-12,18H,13-15H2,1H3,(H,24,25). The van der Waals surface area contributed by atoms with Crippen LogP contribution >= 0.6 is 0 Å². The van der Waals surface area contributed by atoms with Gasteiger partial charge in [0.2, 0.25) is 0 Å². The van der Waals surface area contributed by atoms with Crippen LogP contribution in [-0.2, 0) is 17.7 Å². The molecule has 1 aliphatic heterocycles. The Balaban J connectivity index is 1.42. The van der Waals surface area contributed by atoms with Crippen LogP contribution in [-0.4, -0.2) is 28.2 Å². The quantitative estimate of drug-likeness (QED) is 0.575. The zero-order chi connectivity index (χ0) is 20.2. The summed E-state index contributed by atoms with van der Waals surface area (Å²) in [7, 11) is 1.67. The number of para-hydroxylation sites is 1. The molecule has 150 valence electrons. The number of methoxy groups -OCH3 is 1. The zero-order valence-electron chi connectivity index (χ0n) is 16.0. The van der Waals surface area contributed by atoms with Gasteiger partial charge in [-0.15, -0.1) is 0 Å². The first-order valence-electron chi connectivity index (χ1n) is 9.33. The van der Waals surface area contributed by atoms with Crippen molar-refractivity contribution in [2.24, 2.45) is 0 Å². The second-order valence-electron chi connectivity index (χ2n) is 6.88. The van der Waals surface area contributed by atoms with Gasteiger partial charge in [0.05, 0.1) is 19.5 Å². The number of rotatable bonds is 7. The lowest BCUT2D eigenvalue weighted by Gasteiger charge is -2.11. The summed E-state index contributed by atoms with van der Waals surface area (Å²) in [4.78, 5) is 0. The molecule has 5 nitrogen and oxygen atoms in total. The van der Waals surface area contributed by atoms with Crippen molar-refractivity contribution in [1.82, 2.24) is 0 Å². The second-order valence-corrected chi connectivity index (χ2v) is 7.86. The fraction of sp³-hybridized carbons (Fsp3) is 0.217. The maximum absolute atomic E-state index is 11.1. The van der Waals surface area contributed by atoms with Crippen LogP contribution in [0.3, 0.4) is 0 Å². The van der Waals surface area contributed by atoms with Gasteiger partial charge in [-0.25, -0.2) is 4.21 Å². The molecule has 0 aromatic heterocycles. The van der Waals surface area contributed by atoms with Gasteiger partial charge in [-0.1, -0.05) is 48.5 Å². The van der Waals surface area contributed by atoms with Gasteiger partial charge in [0.15, 0.2) is 11.1 Å². The number of ether oxygens (including phenoxy) is 3.